The standard InChI is InChI=1S/C21H21ClN8O/c1-11-6-12(9-23)8-13(7-11)31-20-15(22)3-4-17(19(20)26)30(28)10-16(24)14-2-5-18(25)29-21(14)27/h2-8,24H,10,26,28H2,1H3,(H4,25,27,29). The Balaban J connectivity index is 1.88. The van der Waals surface area contributed by atoms with Gasteiger partial charge in [0.05, 0.1) is 34.6 Å². The van der Waals surface area contributed by atoms with Gasteiger partial charge < -0.3 is 32.4 Å². The average molecular weight is 437 g/mol. The van der Waals surface area contributed by atoms with Gasteiger partial charge in [-0.2, -0.15) is 5.26 Å². The van der Waals surface area contributed by atoms with Crippen molar-refractivity contribution in [2.75, 3.05) is 28.8 Å². The Labute approximate surface area is 184 Å². The molecular weight excluding hydrogens is 416 g/mol. The van der Waals surface area contributed by atoms with Crippen LogP contribution in [0.5, 0.6) is 11.5 Å². The smallest absolute Gasteiger partial charge is 0.171 e. The first-order valence-corrected chi connectivity index (χ1v) is 9.47. The molecule has 0 aliphatic carbocycles. The van der Waals surface area contributed by atoms with Gasteiger partial charge >= 0.3 is 0 Å². The molecule has 0 saturated carbocycles. The molecule has 2 aromatic carbocycles. The second kappa shape index (κ2) is 8.79. The van der Waals surface area contributed by atoms with E-state index >= 15 is 0 Å². The fourth-order valence-corrected chi connectivity index (χ4v) is 3.20. The summed E-state index contributed by atoms with van der Waals surface area (Å²) < 4.78 is 5.89. The zero-order valence-corrected chi connectivity index (χ0v) is 17.4. The summed E-state index contributed by atoms with van der Waals surface area (Å²) in [5.41, 5.74) is 20.2. The zero-order chi connectivity index (χ0) is 22.7. The number of aryl methyl sites for hydroxylation is 1. The largest absolute Gasteiger partial charge is 0.453 e. The SMILES string of the molecule is Cc1cc(C#N)cc(Oc2c(Cl)ccc(N(N)CC(=N)c3ccc(N)nc3N)c2N)c1. The van der Waals surface area contributed by atoms with Gasteiger partial charge in [0.25, 0.3) is 0 Å². The summed E-state index contributed by atoms with van der Waals surface area (Å²) in [5.74, 6) is 7.20. The fourth-order valence-electron chi connectivity index (χ4n) is 2.99. The lowest BCUT2D eigenvalue weighted by molar-refractivity contribution is 0.484. The third-order valence-electron chi connectivity index (χ3n) is 4.43. The number of aromatic nitrogens is 1. The maximum Gasteiger partial charge on any atom is 0.171 e. The highest BCUT2D eigenvalue weighted by Gasteiger charge is 2.18. The first kappa shape index (κ1) is 21.7. The number of hydrazine groups is 1. The Kier molecular flexibility index (Phi) is 6.15. The number of nitrogens with two attached hydrogens (primary N) is 4. The number of nitrogen functional groups attached to an aromatic ring is 3. The summed E-state index contributed by atoms with van der Waals surface area (Å²) in [6.45, 7) is 1.84. The summed E-state index contributed by atoms with van der Waals surface area (Å²) >= 11 is 6.30. The van der Waals surface area contributed by atoms with Crippen molar-refractivity contribution in [3.63, 3.8) is 0 Å². The van der Waals surface area contributed by atoms with Gasteiger partial charge in [0.2, 0.25) is 0 Å². The van der Waals surface area contributed by atoms with Gasteiger partial charge in [0.1, 0.15) is 23.1 Å². The van der Waals surface area contributed by atoms with Crippen LogP contribution < -0.4 is 32.8 Å². The van der Waals surface area contributed by atoms with E-state index in [-0.39, 0.29) is 40.4 Å². The Hall–Kier alpha value is -4.00. The normalized spacial score (nSPS) is 10.4. The van der Waals surface area contributed by atoms with Gasteiger partial charge in [-0.25, -0.2) is 10.8 Å². The van der Waals surface area contributed by atoms with Crippen LogP contribution in [-0.4, -0.2) is 17.2 Å². The van der Waals surface area contributed by atoms with Crippen molar-refractivity contribution in [3.8, 4) is 17.6 Å². The number of halogens is 1. The van der Waals surface area contributed by atoms with Crippen LogP contribution >= 0.6 is 11.6 Å². The van der Waals surface area contributed by atoms with Crippen molar-refractivity contribution in [1.82, 2.24) is 4.98 Å². The molecule has 0 aliphatic heterocycles. The summed E-state index contributed by atoms with van der Waals surface area (Å²) in [5, 5.41) is 19.1. The van der Waals surface area contributed by atoms with Crippen LogP contribution in [0.4, 0.5) is 23.0 Å². The number of benzene rings is 2. The molecule has 0 saturated heterocycles. The maximum absolute atomic E-state index is 9.17. The minimum absolute atomic E-state index is 0.00983. The first-order valence-electron chi connectivity index (χ1n) is 9.09. The van der Waals surface area contributed by atoms with Crippen molar-refractivity contribution < 1.29 is 4.74 Å². The molecule has 1 aromatic heterocycles. The summed E-state index contributed by atoms with van der Waals surface area (Å²) in [7, 11) is 0. The number of nitrogens with one attached hydrogen (secondary N) is 1. The first-order chi connectivity index (χ1) is 14.7. The minimum Gasteiger partial charge on any atom is -0.453 e. The van der Waals surface area contributed by atoms with Crippen LogP contribution in [0.1, 0.15) is 16.7 Å². The number of ether oxygens (including phenoxy) is 1. The summed E-state index contributed by atoms with van der Waals surface area (Å²) in [4.78, 5) is 3.96. The average Bonchev–Trinajstić information content (AvgIpc) is 2.70. The second-order valence-electron chi connectivity index (χ2n) is 6.83. The van der Waals surface area contributed by atoms with Crippen molar-refractivity contribution >= 4 is 40.3 Å². The van der Waals surface area contributed by atoms with Crippen molar-refractivity contribution in [1.29, 1.82) is 10.7 Å². The molecule has 0 radical (unpaired) electrons. The summed E-state index contributed by atoms with van der Waals surface area (Å²) in [6.07, 6.45) is 0. The molecular formula is C21H21ClN8O. The lowest BCUT2D eigenvalue weighted by Gasteiger charge is -2.23. The summed E-state index contributed by atoms with van der Waals surface area (Å²) in [6, 6.07) is 13.5. The number of nitrogens with zero attached hydrogens (tertiary/aromatic N) is 3. The van der Waals surface area contributed by atoms with Gasteiger partial charge in [-0.3, -0.25) is 0 Å². The van der Waals surface area contributed by atoms with E-state index in [1.54, 1.807) is 42.5 Å². The molecule has 9 N–H and O–H groups in total. The highest BCUT2D eigenvalue weighted by atomic mass is 35.5. The molecule has 31 heavy (non-hydrogen) atoms. The van der Waals surface area contributed by atoms with Gasteiger partial charge in [-0.15, -0.1) is 0 Å². The third kappa shape index (κ3) is 4.78. The van der Waals surface area contributed by atoms with Gasteiger partial charge in [-0.1, -0.05) is 11.6 Å². The van der Waals surface area contributed by atoms with Crippen LogP contribution in [-0.2, 0) is 0 Å². The molecule has 0 fully saturated rings. The maximum atomic E-state index is 9.17. The van der Waals surface area contributed by atoms with E-state index in [4.69, 9.17) is 44.8 Å². The zero-order valence-electron chi connectivity index (χ0n) is 16.7. The van der Waals surface area contributed by atoms with E-state index in [1.807, 2.05) is 6.92 Å². The van der Waals surface area contributed by atoms with Crippen LogP contribution in [0, 0.1) is 23.7 Å². The van der Waals surface area contributed by atoms with E-state index in [0.717, 1.165) is 5.56 Å². The Morgan fingerprint density at radius 2 is 1.94 bits per heavy atom. The molecule has 3 aromatic rings. The molecule has 158 valence electrons. The molecule has 0 spiro atoms. The molecule has 0 amide bonds. The van der Waals surface area contributed by atoms with Gasteiger partial charge in [0, 0.05) is 5.56 Å². The quantitative estimate of drug-likeness (QED) is 0.169. The number of nitriles is 1. The van der Waals surface area contributed by atoms with E-state index in [1.165, 1.54) is 5.01 Å². The Morgan fingerprint density at radius 3 is 2.61 bits per heavy atom. The predicted octanol–water partition coefficient (Wildman–Crippen LogP) is 3.20. The van der Waals surface area contributed by atoms with Crippen molar-refractivity contribution in [2.45, 2.75) is 6.92 Å². The molecule has 0 atom stereocenters. The number of rotatable bonds is 6. The van der Waals surface area contributed by atoms with Crippen LogP contribution in [0.3, 0.4) is 0 Å². The molecule has 9 nitrogen and oxygen atoms in total. The molecule has 10 heteroatoms. The lowest BCUT2D eigenvalue weighted by Crippen LogP contribution is -2.37. The number of pyridine rings is 1. The third-order valence-corrected chi connectivity index (χ3v) is 4.73. The fraction of sp³-hybridized carbons (Fsp3) is 0.0952. The van der Waals surface area contributed by atoms with E-state index in [2.05, 4.69) is 11.1 Å². The molecule has 1 heterocycles. The number of hydrogen-bond acceptors (Lipinski definition) is 9. The van der Waals surface area contributed by atoms with Gasteiger partial charge in [-0.05, 0) is 55.0 Å². The van der Waals surface area contributed by atoms with E-state index in [9.17, 15) is 5.26 Å². The van der Waals surface area contributed by atoms with E-state index in [0.29, 0.717) is 22.6 Å². The number of anilines is 4. The Bertz CT molecular complexity index is 1200. The van der Waals surface area contributed by atoms with Crippen molar-refractivity contribution in [2.24, 2.45) is 5.84 Å². The van der Waals surface area contributed by atoms with Crippen molar-refractivity contribution in [3.05, 3.63) is 64.2 Å². The van der Waals surface area contributed by atoms with Gasteiger partial charge in [0.15, 0.2) is 5.75 Å². The second-order valence-corrected chi connectivity index (χ2v) is 7.24. The van der Waals surface area contributed by atoms with Crippen LogP contribution in [0.2, 0.25) is 5.02 Å². The molecule has 0 aliphatic rings. The molecule has 0 unspecified atom stereocenters. The highest BCUT2D eigenvalue weighted by molar-refractivity contribution is 6.32. The Morgan fingerprint density at radius 1 is 1.19 bits per heavy atom. The predicted molar refractivity (Wildman–Crippen MR) is 123 cm³/mol. The minimum atomic E-state index is -0.00983. The molecule has 0 bridgehead atoms. The number of hydrogen-bond donors (Lipinski definition) is 5. The lowest BCUT2D eigenvalue weighted by atomic mass is 10.1. The molecule has 3 rings (SSSR count). The van der Waals surface area contributed by atoms with E-state index < -0.39 is 0 Å². The topological polar surface area (TPSA) is 177 Å². The monoisotopic (exact) mass is 436 g/mol. The van der Waals surface area contributed by atoms with Crippen LogP contribution in [0.25, 0.3) is 0 Å². The highest BCUT2D eigenvalue weighted by Crippen LogP contribution is 2.40. The van der Waals surface area contributed by atoms with Crippen LogP contribution in [0.15, 0.2) is 42.5 Å².